The highest BCUT2D eigenvalue weighted by atomic mass is 35.5. The van der Waals surface area contributed by atoms with Crippen molar-refractivity contribution in [1.29, 1.82) is 0 Å². The summed E-state index contributed by atoms with van der Waals surface area (Å²) >= 11 is 0. The number of benzene rings is 1. The first-order valence-electron chi connectivity index (χ1n) is 6.07. The number of nitrogens with zero attached hydrogens (tertiary/aromatic N) is 2. The molecule has 0 saturated carbocycles. The van der Waals surface area contributed by atoms with Gasteiger partial charge in [-0.05, 0) is 24.3 Å². The fourth-order valence-electron chi connectivity index (χ4n) is 1.64. The van der Waals surface area contributed by atoms with Crippen LogP contribution in [0.2, 0.25) is 0 Å². The number of alkyl halides is 6. The number of aromatic nitrogens is 3. The summed E-state index contributed by atoms with van der Waals surface area (Å²) in [7, 11) is 0. The Morgan fingerprint density at radius 2 is 1.60 bits per heavy atom. The van der Waals surface area contributed by atoms with E-state index in [1.165, 1.54) is 29.4 Å². The third kappa shape index (κ3) is 3.21. The Morgan fingerprint density at radius 1 is 1.08 bits per heavy atom. The second-order valence-electron chi connectivity index (χ2n) is 4.66. The first-order valence-corrected chi connectivity index (χ1v) is 6.07. The van der Waals surface area contributed by atoms with Gasteiger partial charge in [-0.15, -0.1) is 12.4 Å². The van der Waals surface area contributed by atoms with Crippen molar-refractivity contribution in [3.63, 3.8) is 0 Å². The van der Waals surface area contributed by atoms with E-state index in [1.807, 2.05) is 0 Å². The van der Waals surface area contributed by atoms with Crippen LogP contribution in [0.5, 0.6) is 0 Å². The average molecular weight is 391 g/mol. The van der Waals surface area contributed by atoms with Crippen LogP contribution < -0.4 is 5.73 Å². The van der Waals surface area contributed by atoms with Crippen LogP contribution in [0.25, 0.3) is 11.4 Å². The molecule has 0 saturated heterocycles. The molecule has 0 bridgehead atoms. The molecule has 0 aliphatic rings. The first-order chi connectivity index (χ1) is 10.9. The van der Waals surface area contributed by atoms with E-state index in [-0.39, 0.29) is 18.0 Å². The zero-order chi connectivity index (χ0) is 18.3. The van der Waals surface area contributed by atoms with Crippen molar-refractivity contribution in [3.8, 4) is 11.4 Å². The van der Waals surface area contributed by atoms with Crippen molar-refractivity contribution in [1.82, 2.24) is 15.2 Å². The third-order valence-corrected chi connectivity index (χ3v) is 3.01. The highest BCUT2D eigenvalue weighted by molar-refractivity contribution is 5.85. The quantitative estimate of drug-likeness (QED) is 0.538. The van der Waals surface area contributed by atoms with Crippen molar-refractivity contribution < 1.29 is 36.2 Å². The highest BCUT2D eigenvalue weighted by Gasteiger charge is 2.77. The number of carbonyl (C=O) groups is 1. The third-order valence-electron chi connectivity index (χ3n) is 3.01. The van der Waals surface area contributed by atoms with E-state index < -0.39 is 35.4 Å². The highest BCUT2D eigenvalue weighted by Crippen LogP contribution is 2.50. The molecule has 6 nitrogen and oxygen atoms in total. The number of hydrogen-bond donors (Lipinski definition) is 3. The molecule has 0 spiro atoms. The number of nitrogen functional groups attached to an aromatic ring is 1. The molecule has 0 atom stereocenters. The number of carboxylic acid groups (broad SMARTS) is 1. The minimum Gasteiger partial charge on any atom is -0.477 e. The summed E-state index contributed by atoms with van der Waals surface area (Å²) in [4.78, 5) is 13.2. The molecule has 25 heavy (non-hydrogen) atoms. The number of anilines is 1. The number of nitrogens with two attached hydrogens (primary N) is 1. The lowest BCUT2D eigenvalue weighted by Gasteiger charge is -2.28. The number of hydrogen-bond acceptors (Lipinski definition) is 4. The maximum atomic E-state index is 13.7. The zero-order valence-electron chi connectivity index (χ0n) is 11.8. The first kappa shape index (κ1) is 20.5. The number of rotatable bonds is 5. The normalized spacial score (nSPS) is 12.6. The largest absolute Gasteiger partial charge is 0.477 e. The van der Waals surface area contributed by atoms with Crippen LogP contribution in [0.3, 0.4) is 0 Å². The molecule has 13 heteroatoms. The van der Waals surface area contributed by atoms with Gasteiger partial charge < -0.3 is 10.8 Å². The maximum absolute atomic E-state index is 13.7. The molecule has 2 rings (SSSR count). The number of aliphatic carboxylic acids is 1. The van der Waals surface area contributed by atoms with E-state index in [4.69, 9.17) is 10.8 Å². The van der Waals surface area contributed by atoms with Crippen molar-refractivity contribution in [2.45, 2.75) is 17.8 Å². The van der Waals surface area contributed by atoms with Crippen LogP contribution in [0.15, 0.2) is 24.3 Å². The van der Waals surface area contributed by atoms with Crippen LogP contribution in [-0.4, -0.2) is 38.1 Å². The topological polar surface area (TPSA) is 105 Å². The van der Waals surface area contributed by atoms with E-state index >= 15 is 0 Å². The molecule has 0 radical (unpaired) electrons. The van der Waals surface area contributed by atoms with Gasteiger partial charge in [0.05, 0.1) is 0 Å². The van der Waals surface area contributed by atoms with Crippen molar-refractivity contribution in [2.24, 2.45) is 0 Å². The number of carboxylic acids is 1. The molecule has 138 valence electrons. The number of halogens is 7. The van der Waals surface area contributed by atoms with E-state index in [1.54, 1.807) is 0 Å². The summed E-state index contributed by atoms with van der Waals surface area (Å²) in [5.74, 6) is -23.7. The van der Waals surface area contributed by atoms with E-state index in [0.29, 0.717) is 5.69 Å². The van der Waals surface area contributed by atoms with Gasteiger partial charge in [-0.2, -0.15) is 31.4 Å². The lowest BCUT2D eigenvalue weighted by Crippen LogP contribution is -2.56. The molecule has 0 aliphatic heterocycles. The van der Waals surface area contributed by atoms with Crippen LogP contribution in [-0.2, 0) is 10.7 Å². The lowest BCUT2D eigenvalue weighted by atomic mass is 10.0. The predicted octanol–water partition coefficient (Wildman–Crippen LogP) is 2.92. The molecule has 4 N–H and O–H groups in total. The number of aromatic amines is 1. The molecule has 0 aliphatic carbocycles. The second-order valence-corrected chi connectivity index (χ2v) is 4.66. The van der Waals surface area contributed by atoms with Gasteiger partial charge in [0, 0.05) is 11.3 Å². The molecule has 0 fully saturated rings. The van der Waals surface area contributed by atoms with Crippen LogP contribution in [0, 0.1) is 0 Å². The van der Waals surface area contributed by atoms with Gasteiger partial charge in [-0.3, -0.25) is 5.10 Å². The molecule has 1 aromatic heterocycles. The van der Waals surface area contributed by atoms with Crippen LogP contribution in [0.1, 0.15) is 5.82 Å². The van der Waals surface area contributed by atoms with Gasteiger partial charge in [0.2, 0.25) is 5.82 Å². The van der Waals surface area contributed by atoms with Crippen LogP contribution in [0.4, 0.5) is 32.0 Å². The summed E-state index contributed by atoms with van der Waals surface area (Å²) in [5.41, 5.74) is 5.81. The van der Waals surface area contributed by atoms with Gasteiger partial charge in [0.1, 0.15) is 0 Å². The van der Waals surface area contributed by atoms with Gasteiger partial charge in [-0.1, -0.05) is 0 Å². The number of nitrogens with one attached hydrogen (secondary N) is 1. The fraction of sp³-hybridized carbons (Fsp3) is 0.250. The van der Waals surface area contributed by atoms with Gasteiger partial charge in [-0.25, -0.2) is 9.78 Å². The van der Waals surface area contributed by atoms with Crippen molar-refractivity contribution in [3.05, 3.63) is 30.1 Å². The Labute approximate surface area is 141 Å². The Hall–Kier alpha value is -2.50. The summed E-state index contributed by atoms with van der Waals surface area (Å²) in [5, 5.41) is 12.7. The van der Waals surface area contributed by atoms with Gasteiger partial charge >= 0.3 is 23.7 Å². The molecular formula is C12H9ClF6N4O2. The molecule has 0 unspecified atom stereocenters. The van der Waals surface area contributed by atoms with Crippen molar-refractivity contribution in [2.75, 3.05) is 5.73 Å². The smallest absolute Gasteiger partial charge is 0.411 e. The average Bonchev–Trinajstić information content (AvgIpc) is 2.97. The molecular weight excluding hydrogens is 382 g/mol. The Balaban J connectivity index is 0.00000312. The summed E-state index contributed by atoms with van der Waals surface area (Å²) < 4.78 is 80.2. The summed E-state index contributed by atoms with van der Waals surface area (Å²) in [6.07, 6.45) is 0. The van der Waals surface area contributed by atoms with Crippen LogP contribution >= 0.6 is 12.4 Å². The van der Waals surface area contributed by atoms with Gasteiger partial charge in [0.15, 0.2) is 5.82 Å². The summed E-state index contributed by atoms with van der Waals surface area (Å²) in [6.45, 7) is 0. The second kappa shape index (κ2) is 6.43. The Bertz CT molecular complexity index is 765. The molecule has 1 heterocycles. The minimum absolute atomic E-state index is 0. The standard InChI is InChI=1S/C12H8F6N4O2.ClH/c13-10(14,12(17,18)11(15,16)9(23)24)8-20-7(21-22-8)5-1-3-6(19)4-2-5;/h1-4H,19H2,(H,23,24)(H,20,21,22);1H. The maximum Gasteiger partial charge on any atom is 0.411 e. The molecule has 1 aromatic carbocycles. The Kier molecular flexibility index (Phi) is 5.28. The van der Waals surface area contributed by atoms with E-state index in [2.05, 4.69) is 10.1 Å². The van der Waals surface area contributed by atoms with E-state index in [0.717, 1.165) is 0 Å². The fourth-order valence-corrected chi connectivity index (χ4v) is 1.64. The molecule has 2 aromatic rings. The minimum atomic E-state index is -6.25. The molecule has 0 amide bonds. The summed E-state index contributed by atoms with van der Waals surface area (Å²) in [6, 6.07) is 5.25. The monoisotopic (exact) mass is 390 g/mol. The zero-order valence-corrected chi connectivity index (χ0v) is 12.6. The van der Waals surface area contributed by atoms with E-state index in [9.17, 15) is 31.1 Å². The van der Waals surface area contributed by atoms with Gasteiger partial charge in [0.25, 0.3) is 0 Å². The predicted molar refractivity (Wildman–Crippen MR) is 74.9 cm³/mol. The SMILES string of the molecule is Cl.Nc1ccc(-c2n[nH]c(C(F)(F)C(F)(F)C(F)(F)C(=O)O)n2)cc1. The lowest BCUT2D eigenvalue weighted by molar-refractivity contribution is -0.311. The Morgan fingerprint density at radius 3 is 2.08 bits per heavy atom. The van der Waals surface area contributed by atoms with Crippen molar-refractivity contribution >= 4 is 24.1 Å². The number of H-pyrrole nitrogens is 1.